The lowest BCUT2D eigenvalue weighted by molar-refractivity contribution is -0.0295. The number of aliphatic hydroxyl groups excluding tert-OH is 2. The molecule has 0 bridgehead atoms. The molecule has 0 aliphatic carbocycles. The fraction of sp³-hybridized carbons (Fsp3) is 0.188. The number of hydrogen-bond donors (Lipinski definition) is 4. The van der Waals surface area contributed by atoms with E-state index in [0.29, 0.717) is 10.7 Å². The topological polar surface area (TPSA) is 90.8 Å². The molecule has 26 heavy (non-hydrogen) atoms. The number of nitrogens with one attached hydrogen (secondary N) is 2. The molecule has 0 heterocycles. The first kappa shape index (κ1) is 21.3. The SMILES string of the molecule is O=C(NOCC(O)CO)c1cc(Br)c(F)cc1Nc1ccc(I)cc1Cl. The van der Waals surface area contributed by atoms with Gasteiger partial charge in [0.25, 0.3) is 5.91 Å². The van der Waals surface area contributed by atoms with Gasteiger partial charge in [0.1, 0.15) is 18.5 Å². The molecule has 0 radical (unpaired) electrons. The molecule has 140 valence electrons. The number of benzene rings is 2. The number of hydrogen-bond acceptors (Lipinski definition) is 5. The summed E-state index contributed by atoms with van der Waals surface area (Å²) < 4.78 is 15.0. The Morgan fingerprint density at radius 1 is 1.35 bits per heavy atom. The molecule has 0 saturated heterocycles. The van der Waals surface area contributed by atoms with Gasteiger partial charge in [-0.15, -0.1) is 0 Å². The van der Waals surface area contributed by atoms with Crippen molar-refractivity contribution in [3.05, 3.63) is 54.8 Å². The van der Waals surface area contributed by atoms with Crippen molar-refractivity contribution in [1.82, 2.24) is 5.48 Å². The van der Waals surface area contributed by atoms with E-state index in [1.165, 1.54) is 6.07 Å². The number of halogens is 4. The Bertz CT molecular complexity index is 812. The Labute approximate surface area is 175 Å². The van der Waals surface area contributed by atoms with Crippen molar-refractivity contribution in [2.75, 3.05) is 18.5 Å². The Balaban J connectivity index is 2.25. The zero-order valence-corrected chi connectivity index (χ0v) is 17.6. The molecule has 2 rings (SSSR count). The zero-order valence-electron chi connectivity index (χ0n) is 13.1. The summed E-state index contributed by atoms with van der Waals surface area (Å²) in [5, 5.41) is 21.3. The zero-order chi connectivity index (χ0) is 19.3. The van der Waals surface area contributed by atoms with Gasteiger partial charge in [0.2, 0.25) is 0 Å². The standard InChI is InChI=1S/C16H14BrClFIN2O4/c17-11-4-10(16(25)22-26-7-9(24)6-23)15(5-13(11)19)21-14-2-1-8(20)3-12(14)18/h1-5,9,21,23-24H,6-7H2,(H,22,25). The smallest absolute Gasteiger partial charge is 0.276 e. The van der Waals surface area contributed by atoms with Crippen LogP contribution in [0, 0.1) is 9.39 Å². The number of carbonyl (C=O) groups excluding carboxylic acids is 1. The predicted molar refractivity (Wildman–Crippen MR) is 108 cm³/mol. The maximum atomic E-state index is 13.9. The van der Waals surface area contributed by atoms with Crippen molar-refractivity contribution in [3.8, 4) is 0 Å². The van der Waals surface area contributed by atoms with Crippen LogP contribution in [-0.4, -0.2) is 35.4 Å². The molecular formula is C16H14BrClFIN2O4. The second-order valence-corrected chi connectivity index (χ2v) is 7.65. The van der Waals surface area contributed by atoms with Gasteiger partial charge in [-0.1, -0.05) is 11.6 Å². The van der Waals surface area contributed by atoms with E-state index in [9.17, 15) is 14.3 Å². The fourth-order valence-corrected chi connectivity index (χ4v) is 3.13. The van der Waals surface area contributed by atoms with Crippen LogP contribution >= 0.6 is 50.1 Å². The van der Waals surface area contributed by atoms with Crippen molar-refractivity contribution in [1.29, 1.82) is 0 Å². The maximum Gasteiger partial charge on any atom is 0.276 e. The highest BCUT2D eigenvalue weighted by Gasteiger charge is 2.17. The largest absolute Gasteiger partial charge is 0.394 e. The van der Waals surface area contributed by atoms with Crippen molar-refractivity contribution in [3.63, 3.8) is 0 Å². The lowest BCUT2D eigenvalue weighted by atomic mass is 10.1. The first-order valence-electron chi connectivity index (χ1n) is 7.24. The van der Waals surface area contributed by atoms with Gasteiger partial charge in [-0.25, -0.2) is 9.87 Å². The van der Waals surface area contributed by atoms with Gasteiger partial charge in [0.05, 0.1) is 33.0 Å². The van der Waals surface area contributed by atoms with Gasteiger partial charge in [0.15, 0.2) is 0 Å². The predicted octanol–water partition coefficient (Wildman–Crippen LogP) is 3.60. The third-order valence-electron chi connectivity index (χ3n) is 3.16. The van der Waals surface area contributed by atoms with Crippen molar-refractivity contribution < 1.29 is 24.2 Å². The van der Waals surface area contributed by atoms with Gasteiger partial charge in [0, 0.05) is 3.57 Å². The van der Waals surface area contributed by atoms with E-state index in [1.807, 2.05) is 6.07 Å². The number of carbonyl (C=O) groups is 1. The van der Waals surface area contributed by atoms with Crippen LogP contribution in [0.4, 0.5) is 15.8 Å². The molecule has 0 fully saturated rings. The minimum Gasteiger partial charge on any atom is -0.394 e. The molecule has 0 aromatic heterocycles. The Morgan fingerprint density at radius 2 is 2.08 bits per heavy atom. The molecule has 10 heteroatoms. The van der Waals surface area contributed by atoms with E-state index < -0.39 is 24.4 Å². The molecule has 0 spiro atoms. The molecule has 6 nitrogen and oxygen atoms in total. The molecule has 2 aromatic carbocycles. The molecule has 2 aromatic rings. The molecule has 1 amide bonds. The second kappa shape index (κ2) is 9.81. The normalized spacial score (nSPS) is 11.9. The third kappa shape index (κ3) is 5.76. The minimum atomic E-state index is -1.13. The quantitative estimate of drug-likeness (QED) is 0.308. The summed E-state index contributed by atoms with van der Waals surface area (Å²) in [5.41, 5.74) is 2.90. The van der Waals surface area contributed by atoms with Gasteiger partial charge in [-0.2, -0.15) is 0 Å². The lowest BCUT2D eigenvalue weighted by Crippen LogP contribution is -2.30. The summed E-state index contributed by atoms with van der Waals surface area (Å²) in [6.45, 7) is -0.799. The summed E-state index contributed by atoms with van der Waals surface area (Å²) in [6.07, 6.45) is -1.13. The van der Waals surface area contributed by atoms with Crippen LogP contribution in [0.5, 0.6) is 0 Å². The highest BCUT2D eigenvalue weighted by Crippen LogP contribution is 2.31. The number of amides is 1. The average Bonchev–Trinajstić information content (AvgIpc) is 2.59. The van der Waals surface area contributed by atoms with E-state index in [2.05, 4.69) is 49.3 Å². The molecule has 1 unspecified atom stereocenters. The van der Waals surface area contributed by atoms with E-state index in [1.54, 1.807) is 12.1 Å². The third-order valence-corrected chi connectivity index (χ3v) is 4.75. The average molecular weight is 560 g/mol. The lowest BCUT2D eigenvalue weighted by Gasteiger charge is -2.15. The summed E-state index contributed by atoms with van der Waals surface area (Å²) in [5.74, 6) is -1.23. The molecule has 0 saturated carbocycles. The molecule has 0 aliphatic rings. The fourth-order valence-electron chi connectivity index (χ4n) is 1.89. The summed E-state index contributed by atoms with van der Waals surface area (Å²) >= 11 is 11.3. The number of hydroxylamine groups is 1. The molecular weight excluding hydrogens is 545 g/mol. The van der Waals surface area contributed by atoms with Crippen LogP contribution < -0.4 is 10.8 Å². The van der Waals surface area contributed by atoms with Crippen LogP contribution in [0.3, 0.4) is 0 Å². The Kier molecular flexibility index (Phi) is 8.05. The van der Waals surface area contributed by atoms with Crippen LogP contribution in [0.15, 0.2) is 34.8 Å². The van der Waals surface area contributed by atoms with Crippen LogP contribution in [-0.2, 0) is 4.84 Å². The van der Waals surface area contributed by atoms with Crippen LogP contribution in [0.2, 0.25) is 5.02 Å². The summed E-state index contributed by atoms with van der Waals surface area (Å²) in [6, 6.07) is 7.68. The summed E-state index contributed by atoms with van der Waals surface area (Å²) in [7, 11) is 0. The van der Waals surface area contributed by atoms with Crippen molar-refractivity contribution >= 4 is 67.4 Å². The first-order valence-corrected chi connectivity index (χ1v) is 9.49. The maximum absolute atomic E-state index is 13.9. The van der Waals surface area contributed by atoms with Crippen LogP contribution in [0.1, 0.15) is 10.4 Å². The van der Waals surface area contributed by atoms with Gasteiger partial charge in [-0.3, -0.25) is 9.63 Å². The van der Waals surface area contributed by atoms with Crippen molar-refractivity contribution in [2.45, 2.75) is 6.10 Å². The minimum absolute atomic E-state index is 0.0892. The van der Waals surface area contributed by atoms with Gasteiger partial charge < -0.3 is 15.5 Å². The number of anilines is 2. The van der Waals surface area contributed by atoms with E-state index >= 15 is 0 Å². The Morgan fingerprint density at radius 3 is 2.73 bits per heavy atom. The molecule has 1 atom stereocenters. The van der Waals surface area contributed by atoms with E-state index in [4.69, 9.17) is 21.5 Å². The van der Waals surface area contributed by atoms with Gasteiger partial charge >= 0.3 is 0 Å². The monoisotopic (exact) mass is 558 g/mol. The number of aliphatic hydroxyl groups is 2. The van der Waals surface area contributed by atoms with Crippen LogP contribution in [0.25, 0.3) is 0 Å². The van der Waals surface area contributed by atoms with Gasteiger partial charge in [-0.05, 0) is 68.9 Å². The first-order chi connectivity index (χ1) is 12.3. The highest BCUT2D eigenvalue weighted by molar-refractivity contribution is 14.1. The molecule has 4 N–H and O–H groups in total. The molecule has 0 aliphatic heterocycles. The van der Waals surface area contributed by atoms with E-state index in [0.717, 1.165) is 9.64 Å². The van der Waals surface area contributed by atoms with Crippen molar-refractivity contribution in [2.24, 2.45) is 0 Å². The Hall–Kier alpha value is -0.980. The highest BCUT2D eigenvalue weighted by atomic mass is 127. The number of rotatable bonds is 7. The second-order valence-electron chi connectivity index (χ2n) is 5.14. The summed E-state index contributed by atoms with van der Waals surface area (Å²) in [4.78, 5) is 17.2. The van der Waals surface area contributed by atoms with E-state index in [-0.39, 0.29) is 22.3 Å².